The molecule has 1 heterocycles. The largest absolute Gasteiger partial charge is 0.444 e. The first kappa shape index (κ1) is 43.7. The Hall–Kier alpha value is -3.42. The second-order valence-corrected chi connectivity index (χ2v) is 11.8. The van der Waals surface area contributed by atoms with Gasteiger partial charge in [0.1, 0.15) is 5.60 Å². The van der Waals surface area contributed by atoms with Crippen LogP contribution in [0.15, 0.2) is 24.3 Å². The van der Waals surface area contributed by atoms with Gasteiger partial charge in [-0.05, 0) is 33.3 Å². The van der Waals surface area contributed by atoms with E-state index in [0.717, 1.165) is 11.1 Å². The first-order valence-corrected chi connectivity index (χ1v) is 17.2. The van der Waals surface area contributed by atoms with Crippen LogP contribution in [-0.2, 0) is 54.0 Å². The van der Waals surface area contributed by atoms with Crippen LogP contribution < -0.4 is 10.6 Å². The maximum Gasteiger partial charge on any atom is 0.407 e. The van der Waals surface area contributed by atoms with Crippen molar-refractivity contribution in [3.05, 3.63) is 35.7 Å². The molecule has 2 amide bonds. The van der Waals surface area contributed by atoms with Gasteiger partial charge in [-0.2, -0.15) is 0 Å². The predicted octanol–water partition coefficient (Wildman–Crippen LogP) is 1.91. The van der Waals surface area contributed by atoms with Gasteiger partial charge in [-0.25, -0.2) is 4.79 Å². The molecule has 0 saturated heterocycles. The van der Waals surface area contributed by atoms with Gasteiger partial charge in [0.05, 0.1) is 106 Å². The van der Waals surface area contributed by atoms with E-state index in [1.165, 1.54) is 0 Å². The fourth-order valence-electron chi connectivity index (χ4n) is 3.80. The maximum atomic E-state index is 12.1. The SMILES string of the molecule is Cc1nnc(-c2ccc(CNC(=O)CCOCCOCCOCCOCCOCCOCCOCCOCCNC(=O)OC(C)(C)C)cc2)nn1. The van der Waals surface area contributed by atoms with Crippen molar-refractivity contribution in [3.8, 4) is 11.4 Å². The molecule has 0 aliphatic carbocycles. The van der Waals surface area contributed by atoms with Crippen LogP contribution in [0.25, 0.3) is 11.4 Å². The number of carbonyl (C=O) groups is 2. The zero-order chi connectivity index (χ0) is 36.8. The molecule has 17 heteroatoms. The molecule has 0 unspecified atom stereocenters. The lowest BCUT2D eigenvalue weighted by Crippen LogP contribution is -2.34. The molecular formula is C34H56N6O11. The predicted molar refractivity (Wildman–Crippen MR) is 185 cm³/mol. The molecule has 51 heavy (non-hydrogen) atoms. The summed E-state index contributed by atoms with van der Waals surface area (Å²) < 4.78 is 48.8. The number of ether oxygens (including phenoxy) is 9. The highest BCUT2D eigenvalue weighted by Gasteiger charge is 2.15. The number of benzene rings is 1. The molecule has 0 atom stereocenters. The Bertz CT molecular complexity index is 1170. The van der Waals surface area contributed by atoms with E-state index in [1.807, 2.05) is 45.0 Å². The van der Waals surface area contributed by atoms with E-state index in [2.05, 4.69) is 31.0 Å². The highest BCUT2D eigenvalue weighted by Crippen LogP contribution is 2.14. The van der Waals surface area contributed by atoms with Crippen LogP contribution in [0.5, 0.6) is 0 Å². The molecule has 0 aliphatic rings. The van der Waals surface area contributed by atoms with Gasteiger partial charge < -0.3 is 53.3 Å². The molecule has 0 saturated carbocycles. The number of hydrogen-bond acceptors (Lipinski definition) is 15. The normalized spacial score (nSPS) is 11.5. The van der Waals surface area contributed by atoms with E-state index in [4.69, 9.17) is 42.6 Å². The van der Waals surface area contributed by atoms with Crippen LogP contribution in [0.3, 0.4) is 0 Å². The summed E-state index contributed by atoms with van der Waals surface area (Å²) in [5.74, 6) is 0.880. The molecule has 288 valence electrons. The minimum absolute atomic E-state index is 0.0900. The van der Waals surface area contributed by atoms with Crippen molar-refractivity contribution < 1.29 is 52.2 Å². The lowest BCUT2D eigenvalue weighted by Gasteiger charge is -2.19. The summed E-state index contributed by atoms with van der Waals surface area (Å²) in [4.78, 5) is 23.6. The molecule has 2 N–H and O–H groups in total. The number of nitrogens with one attached hydrogen (secondary N) is 2. The zero-order valence-corrected chi connectivity index (χ0v) is 30.5. The molecule has 2 aromatic rings. The minimum Gasteiger partial charge on any atom is -0.444 e. The molecule has 0 bridgehead atoms. The smallest absolute Gasteiger partial charge is 0.407 e. The van der Waals surface area contributed by atoms with E-state index in [9.17, 15) is 9.59 Å². The number of alkyl carbamates (subject to hydrolysis) is 1. The Morgan fingerprint density at radius 2 is 0.980 bits per heavy atom. The summed E-state index contributed by atoms with van der Waals surface area (Å²) in [5.41, 5.74) is 1.25. The summed E-state index contributed by atoms with van der Waals surface area (Å²) >= 11 is 0. The highest BCUT2D eigenvalue weighted by atomic mass is 16.6. The summed E-state index contributed by atoms with van der Waals surface area (Å²) in [6, 6.07) is 7.54. The van der Waals surface area contributed by atoms with E-state index in [0.29, 0.717) is 130 Å². The quantitative estimate of drug-likeness (QED) is 0.111. The first-order chi connectivity index (χ1) is 24.7. The summed E-state index contributed by atoms with van der Waals surface area (Å²) in [6.45, 7) is 15.0. The molecule has 17 nitrogen and oxygen atoms in total. The van der Waals surface area contributed by atoms with E-state index in [-0.39, 0.29) is 12.3 Å². The van der Waals surface area contributed by atoms with E-state index in [1.54, 1.807) is 6.92 Å². The third kappa shape index (κ3) is 25.2. The molecule has 1 aromatic heterocycles. The average molecular weight is 725 g/mol. The Labute approximate surface area is 300 Å². The standard InChI is InChI=1S/C34H56N6O11/c1-28-37-39-32(40-38-28)30-7-5-29(6-8-30)27-36-31(41)9-11-43-13-15-45-17-19-47-21-23-49-25-26-50-24-22-48-20-18-46-16-14-44-12-10-35-33(42)51-34(2,3)4/h5-8H,9-27H2,1-4H3,(H,35,42)(H,36,41). The molecule has 2 rings (SSSR count). The van der Waals surface area contributed by atoms with Gasteiger partial charge in [0, 0.05) is 25.1 Å². The average Bonchev–Trinajstić information content (AvgIpc) is 3.10. The number of rotatable bonds is 30. The topological polar surface area (TPSA) is 193 Å². The second kappa shape index (κ2) is 28.2. The van der Waals surface area contributed by atoms with Crippen LogP contribution in [0.1, 0.15) is 38.6 Å². The van der Waals surface area contributed by atoms with Crippen molar-refractivity contribution in [3.63, 3.8) is 0 Å². The Morgan fingerprint density at radius 1 is 0.569 bits per heavy atom. The number of nitrogens with zero attached hydrogens (tertiary/aromatic N) is 4. The minimum atomic E-state index is -0.518. The monoisotopic (exact) mass is 724 g/mol. The summed E-state index contributed by atoms with van der Waals surface area (Å²) in [5, 5.41) is 21.4. The van der Waals surface area contributed by atoms with E-state index >= 15 is 0 Å². The van der Waals surface area contributed by atoms with Gasteiger partial charge in [0.25, 0.3) is 0 Å². The molecule has 0 fully saturated rings. The van der Waals surface area contributed by atoms with Crippen molar-refractivity contribution >= 4 is 12.0 Å². The number of aryl methyl sites for hydroxylation is 1. The third-order valence-corrected chi connectivity index (χ3v) is 6.27. The van der Waals surface area contributed by atoms with Crippen molar-refractivity contribution in [1.82, 2.24) is 31.0 Å². The molecule has 0 radical (unpaired) electrons. The summed E-state index contributed by atoms with van der Waals surface area (Å²) in [7, 11) is 0. The zero-order valence-electron chi connectivity index (χ0n) is 30.5. The van der Waals surface area contributed by atoms with Gasteiger partial charge in [-0.3, -0.25) is 4.79 Å². The Balaban J connectivity index is 1.23. The fourth-order valence-corrected chi connectivity index (χ4v) is 3.80. The van der Waals surface area contributed by atoms with Crippen molar-refractivity contribution in [1.29, 1.82) is 0 Å². The molecular weight excluding hydrogens is 668 g/mol. The number of carbonyl (C=O) groups excluding carboxylic acids is 2. The van der Waals surface area contributed by atoms with Crippen LogP contribution in [-0.4, -0.2) is 150 Å². The van der Waals surface area contributed by atoms with Gasteiger partial charge in [0.15, 0.2) is 5.82 Å². The van der Waals surface area contributed by atoms with Crippen molar-refractivity contribution in [2.75, 3.05) is 112 Å². The van der Waals surface area contributed by atoms with Gasteiger partial charge in [-0.1, -0.05) is 24.3 Å². The van der Waals surface area contributed by atoms with Gasteiger partial charge in [0.2, 0.25) is 11.7 Å². The first-order valence-electron chi connectivity index (χ1n) is 17.2. The Morgan fingerprint density at radius 3 is 1.41 bits per heavy atom. The molecule has 1 aromatic carbocycles. The number of hydrogen-bond donors (Lipinski definition) is 2. The third-order valence-electron chi connectivity index (χ3n) is 6.27. The fraction of sp³-hybridized carbons (Fsp3) is 0.706. The summed E-state index contributed by atoms with van der Waals surface area (Å²) in [6.07, 6.45) is -0.192. The second-order valence-electron chi connectivity index (χ2n) is 11.8. The molecule has 0 aliphatic heterocycles. The Kier molecular flexibility index (Phi) is 24.2. The highest BCUT2D eigenvalue weighted by molar-refractivity contribution is 5.76. The van der Waals surface area contributed by atoms with Crippen LogP contribution in [0, 0.1) is 6.92 Å². The number of aromatic nitrogens is 4. The number of amides is 2. The lowest BCUT2D eigenvalue weighted by atomic mass is 10.1. The molecule has 0 spiro atoms. The van der Waals surface area contributed by atoms with E-state index < -0.39 is 11.7 Å². The van der Waals surface area contributed by atoms with Crippen molar-refractivity contribution in [2.45, 2.75) is 46.3 Å². The van der Waals surface area contributed by atoms with Crippen molar-refractivity contribution in [2.24, 2.45) is 0 Å². The van der Waals surface area contributed by atoms with Crippen LogP contribution >= 0.6 is 0 Å². The van der Waals surface area contributed by atoms with Crippen LogP contribution in [0.4, 0.5) is 4.79 Å². The lowest BCUT2D eigenvalue weighted by molar-refractivity contribution is -0.122. The van der Waals surface area contributed by atoms with Gasteiger partial charge in [-0.15, -0.1) is 20.4 Å². The van der Waals surface area contributed by atoms with Crippen LogP contribution in [0.2, 0.25) is 0 Å². The maximum absolute atomic E-state index is 12.1. The van der Waals surface area contributed by atoms with Gasteiger partial charge >= 0.3 is 6.09 Å².